The normalized spacial score (nSPS) is 11.6. The van der Waals surface area contributed by atoms with E-state index in [0.717, 1.165) is 41.9 Å². The van der Waals surface area contributed by atoms with E-state index in [4.69, 9.17) is 9.72 Å². The molecule has 0 spiro atoms. The number of unbranched alkanes of at least 4 members (excludes halogenated alkanes) is 2. The largest absolute Gasteiger partial charge is 0.456 e. The van der Waals surface area contributed by atoms with Crippen molar-refractivity contribution in [3.8, 4) is 11.1 Å². The van der Waals surface area contributed by atoms with Crippen molar-refractivity contribution in [2.24, 2.45) is 0 Å². The van der Waals surface area contributed by atoms with E-state index >= 15 is 0 Å². The molecule has 0 saturated heterocycles. The number of hydrogen-bond acceptors (Lipinski definition) is 3. The van der Waals surface area contributed by atoms with Crippen molar-refractivity contribution in [3.05, 3.63) is 89.7 Å². The first kappa shape index (κ1) is 23.7. The predicted molar refractivity (Wildman–Crippen MR) is 139 cm³/mol. The molecule has 0 aliphatic rings. The molecule has 1 aromatic heterocycles. The van der Waals surface area contributed by atoms with Crippen LogP contribution in [0.25, 0.3) is 22.2 Å². The lowest BCUT2D eigenvalue weighted by molar-refractivity contribution is 0.00704. The highest BCUT2D eigenvalue weighted by Gasteiger charge is 2.20. The van der Waals surface area contributed by atoms with Crippen LogP contribution in [-0.2, 0) is 17.7 Å². The van der Waals surface area contributed by atoms with Crippen LogP contribution in [0.1, 0.15) is 68.7 Å². The monoisotopic (exact) mass is 454 g/mol. The van der Waals surface area contributed by atoms with Gasteiger partial charge in [-0.05, 0) is 62.1 Å². The van der Waals surface area contributed by atoms with Crippen LogP contribution in [0.2, 0.25) is 0 Å². The number of imidazole rings is 1. The molecule has 0 saturated carbocycles. The van der Waals surface area contributed by atoms with E-state index in [1.165, 1.54) is 23.9 Å². The number of ether oxygens (including phenoxy) is 1. The number of fused-ring (bicyclic) bond motifs is 1. The molecule has 0 radical (unpaired) electrons. The summed E-state index contributed by atoms with van der Waals surface area (Å²) in [6.07, 6.45) is 4.56. The van der Waals surface area contributed by atoms with E-state index in [9.17, 15) is 4.79 Å². The third-order valence-electron chi connectivity index (χ3n) is 5.89. The van der Waals surface area contributed by atoms with Gasteiger partial charge in [0, 0.05) is 13.0 Å². The third-order valence-corrected chi connectivity index (χ3v) is 5.89. The Morgan fingerprint density at radius 1 is 0.912 bits per heavy atom. The zero-order valence-electron chi connectivity index (χ0n) is 20.7. The Kier molecular flexibility index (Phi) is 7.16. The summed E-state index contributed by atoms with van der Waals surface area (Å²) in [5, 5.41) is 0. The summed E-state index contributed by atoms with van der Waals surface area (Å²) >= 11 is 0. The van der Waals surface area contributed by atoms with Crippen LogP contribution in [-0.4, -0.2) is 21.1 Å². The van der Waals surface area contributed by atoms with Crippen molar-refractivity contribution in [1.29, 1.82) is 0 Å². The predicted octanol–water partition coefficient (Wildman–Crippen LogP) is 7.44. The molecular weight excluding hydrogens is 420 g/mol. The number of rotatable bonds is 8. The minimum absolute atomic E-state index is 0.297. The fourth-order valence-corrected chi connectivity index (χ4v) is 4.24. The molecule has 0 amide bonds. The second-order valence-corrected chi connectivity index (χ2v) is 9.80. The smallest absolute Gasteiger partial charge is 0.339 e. The molecule has 34 heavy (non-hydrogen) atoms. The Labute approximate surface area is 202 Å². The average Bonchev–Trinajstić information content (AvgIpc) is 3.16. The molecule has 1 heterocycles. The minimum atomic E-state index is -0.531. The lowest BCUT2D eigenvalue weighted by Crippen LogP contribution is -2.24. The van der Waals surface area contributed by atoms with Gasteiger partial charge in [-0.1, -0.05) is 74.4 Å². The maximum Gasteiger partial charge on any atom is 0.339 e. The van der Waals surface area contributed by atoms with Crippen LogP contribution in [0.5, 0.6) is 0 Å². The lowest BCUT2D eigenvalue weighted by atomic mass is 9.98. The quantitative estimate of drug-likeness (QED) is 0.205. The lowest BCUT2D eigenvalue weighted by Gasteiger charge is -2.20. The molecule has 4 rings (SSSR count). The molecule has 4 heteroatoms. The highest BCUT2D eigenvalue weighted by molar-refractivity contribution is 5.97. The Morgan fingerprint density at radius 3 is 2.35 bits per heavy atom. The van der Waals surface area contributed by atoms with Gasteiger partial charge in [0.25, 0.3) is 0 Å². The van der Waals surface area contributed by atoms with Crippen molar-refractivity contribution >= 4 is 17.0 Å². The maximum atomic E-state index is 12.8. The van der Waals surface area contributed by atoms with Crippen molar-refractivity contribution in [2.75, 3.05) is 0 Å². The zero-order valence-corrected chi connectivity index (χ0v) is 20.7. The SMILES string of the molecule is CCCCCc1nc2ccccc2n1Cc1ccc(-c2ccccc2C(=O)OC(C)(C)C)cc1. The van der Waals surface area contributed by atoms with Gasteiger partial charge in [-0.3, -0.25) is 0 Å². The molecule has 176 valence electrons. The number of hydrogen-bond donors (Lipinski definition) is 0. The second-order valence-electron chi connectivity index (χ2n) is 9.80. The van der Waals surface area contributed by atoms with E-state index in [1.54, 1.807) is 0 Å². The van der Waals surface area contributed by atoms with Crippen molar-refractivity contribution in [1.82, 2.24) is 9.55 Å². The van der Waals surface area contributed by atoms with E-state index in [1.807, 2.05) is 51.1 Å². The Bertz CT molecular complexity index is 1260. The molecule has 0 N–H and O–H groups in total. The average molecular weight is 455 g/mol. The zero-order chi connectivity index (χ0) is 24.1. The molecule has 0 fully saturated rings. The highest BCUT2D eigenvalue weighted by atomic mass is 16.6. The van der Waals surface area contributed by atoms with E-state index in [2.05, 4.69) is 54.0 Å². The number of carbonyl (C=O) groups is 1. The van der Waals surface area contributed by atoms with E-state index < -0.39 is 5.60 Å². The fraction of sp³-hybridized carbons (Fsp3) is 0.333. The third kappa shape index (κ3) is 5.56. The summed E-state index contributed by atoms with van der Waals surface area (Å²) in [6.45, 7) is 8.66. The van der Waals surface area contributed by atoms with Crippen molar-refractivity contribution < 1.29 is 9.53 Å². The highest BCUT2D eigenvalue weighted by Crippen LogP contribution is 2.27. The molecule has 0 bridgehead atoms. The van der Waals surface area contributed by atoms with Gasteiger partial charge in [0.05, 0.1) is 16.6 Å². The second kappa shape index (κ2) is 10.3. The molecular formula is C30H34N2O2. The molecule has 3 aromatic carbocycles. The summed E-state index contributed by atoms with van der Waals surface area (Å²) in [5.41, 5.74) is 5.38. The number of para-hydroxylation sites is 2. The van der Waals surface area contributed by atoms with Gasteiger partial charge in [-0.2, -0.15) is 0 Å². The van der Waals surface area contributed by atoms with E-state index in [0.29, 0.717) is 5.56 Å². The van der Waals surface area contributed by atoms with Crippen molar-refractivity contribution in [2.45, 2.75) is 65.5 Å². The topological polar surface area (TPSA) is 44.1 Å². The number of carbonyl (C=O) groups excluding carboxylic acids is 1. The molecule has 4 nitrogen and oxygen atoms in total. The van der Waals surface area contributed by atoms with E-state index in [-0.39, 0.29) is 5.97 Å². The Morgan fingerprint density at radius 2 is 1.62 bits per heavy atom. The molecule has 0 aliphatic heterocycles. The van der Waals surface area contributed by atoms with Gasteiger partial charge in [0.15, 0.2) is 0 Å². The summed E-state index contributed by atoms with van der Waals surface area (Å²) in [6, 6.07) is 24.5. The van der Waals surface area contributed by atoms with Crippen LogP contribution in [0.3, 0.4) is 0 Å². The number of nitrogens with zero attached hydrogens (tertiary/aromatic N) is 2. The molecule has 0 unspecified atom stereocenters. The molecule has 0 aliphatic carbocycles. The van der Waals surface area contributed by atoms with Gasteiger partial charge < -0.3 is 9.30 Å². The standard InChI is InChI=1S/C30H34N2O2/c1-5-6-7-16-28-31-26-14-10-11-15-27(26)32(28)21-22-17-19-23(20-18-22)24-12-8-9-13-25(24)29(33)34-30(2,3)4/h8-15,17-20H,5-7,16,21H2,1-4H3. The van der Waals surface area contributed by atoms with Gasteiger partial charge in [0.2, 0.25) is 0 Å². The first-order valence-corrected chi connectivity index (χ1v) is 12.2. The van der Waals surface area contributed by atoms with Crippen molar-refractivity contribution in [3.63, 3.8) is 0 Å². The molecule has 0 atom stereocenters. The van der Waals surface area contributed by atoms with Gasteiger partial charge >= 0.3 is 5.97 Å². The number of benzene rings is 3. The Balaban J connectivity index is 1.60. The Hall–Kier alpha value is -3.40. The van der Waals surface area contributed by atoms with Crippen LogP contribution in [0.4, 0.5) is 0 Å². The van der Waals surface area contributed by atoms with Crippen LogP contribution in [0, 0.1) is 0 Å². The van der Waals surface area contributed by atoms with Crippen LogP contribution in [0.15, 0.2) is 72.8 Å². The summed E-state index contributed by atoms with van der Waals surface area (Å²) in [5.74, 6) is 0.850. The summed E-state index contributed by atoms with van der Waals surface area (Å²) < 4.78 is 7.97. The minimum Gasteiger partial charge on any atom is -0.456 e. The fourth-order valence-electron chi connectivity index (χ4n) is 4.24. The molecule has 4 aromatic rings. The number of esters is 1. The van der Waals surface area contributed by atoms with Gasteiger partial charge in [-0.15, -0.1) is 0 Å². The van der Waals surface area contributed by atoms with Crippen LogP contribution < -0.4 is 0 Å². The first-order valence-electron chi connectivity index (χ1n) is 12.2. The van der Waals surface area contributed by atoms with Crippen LogP contribution >= 0.6 is 0 Å². The summed E-state index contributed by atoms with van der Waals surface area (Å²) in [7, 11) is 0. The van der Waals surface area contributed by atoms with Gasteiger partial charge in [-0.25, -0.2) is 9.78 Å². The number of aryl methyl sites for hydroxylation is 1. The number of aromatic nitrogens is 2. The maximum absolute atomic E-state index is 12.8. The first-order chi connectivity index (χ1) is 16.4. The van der Waals surface area contributed by atoms with Gasteiger partial charge in [0.1, 0.15) is 11.4 Å². The summed E-state index contributed by atoms with van der Waals surface area (Å²) in [4.78, 5) is 17.7.